The van der Waals surface area contributed by atoms with Gasteiger partial charge in [-0.3, -0.25) is 4.79 Å². The van der Waals surface area contributed by atoms with Gasteiger partial charge in [-0.2, -0.15) is 0 Å². The number of nitrogens with one attached hydrogen (secondary N) is 1. The summed E-state index contributed by atoms with van der Waals surface area (Å²) in [6.45, 7) is 3.69. The highest BCUT2D eigenvalue weighted by molar-refractivity contribution is 7.91. The first-order valence-corrected chi connectivity index (χ1v) is 8.72. The van der Waals surface area contributed by atoms with Gasteiger partial charge in [-0.15, -0.1) is 5.10 Å². The third-order valence-corrected chi connectivity index (χ3v) is 5.53. The zero-order chi connectivity index (χ0) is 15.7. The standard InChI is InChI=1S/C12H21N5O3S/c1-3-9(13)10-6-17(16-15-10)7-11(18)14-12(2)4-5-21(19,20)8-12/h6,9H,3-5,7-8,13H2,1-2H3,(H,14,18). The average Bonchev–Trinajstić information content (AvgIpc) is 2.93. The van der Waals surface area contributed by atoms with Crippen LogP contribution in [0.4, 0.5) is 0 Å². The number of rotatable bonds is 5. The fraction of sp³-hybridized carbons (Fsp3) is 0.750. The van der Waals surface area contributed by atoms with Crippen LogP contribution < -0.4 is 11.1 Å². The highest BCUT2D eigenvalue weighted by Gasteiger charge is 2.39. The number of hydrogen-bond donors (Lipinski definition) is 2. The normalized spacial score (nSPS) is 25.7. The predicted octanol–water partition coefficient (Wildman–Crippen LogP) is -0.619. The molecule has 0 spiro atoms. The van der Waals surface area contributed by atoms with Crippen molar-refractivity contribution in [3.63, 3.8) is 0 Å². The van der Waals surface area contributed by atoms with Crippen molar-refractivity contribution in [1.82, 2.24) is 20.3 Å². The van der Waals surface area contributed by atoms with Crippen molar-refractivity contribution < 1.29 is 13.2 Å². The minimum atomic E-state index is -3.05. The van der Waals surface area contributed by atoms with Gasteiger partial charge in [0.05, 0.1) is 35.0 Å². The van der Waals surface area contributed by atoms with Crippen LogP contribution in [-0.2, 0) is 21.2 Å². The number of carbonyl (C=O) groups excluding carboxylic acids is 1. The van der Waals surface area contributed by atoms with Gasteiger partial charge >= 0.3 is 0 Å². The van der Waals surface area contributed by atoms with Crippen LogP contribution in [-0.4, -0.2) is 46.4 Å². The van der Waals surface area contributed by atoms with Crippen molar-refractivity contribution in [2.75, 3.05) is 11.5 Å². The molecule has 1 aromatic heterocycles. The average molecular weight is 315 g/mol. The summed E-state index contributed by atoms with van der Waals surface area (Å²) in [5, 5.41) is 10.6. The zero-order valence-corrected chi connectivity index (χ0v) is 13.1. The molecule has 1 amide bonds. The molecule has 3 N–H and O–H groups in total. The Morgan fingerprint density at radius 3 is 2.90 bits per heavy atom. The van der Waals surface area contributed by atoms with Crippen LogP contribution in [0, 0.1) is 0 Å². The first kappa shape index (κ1) is 15.9. The van der Waals surface area contributed by atoms with Crippen LogP contribution in [0.2, 0.25) is 0 Å². The highest BCUT2D eigenvalue weighted by Crippen LogP contribution is 2.22. The Kier molecular flexibility index (Phi) is 4.33. The molecule has 9 heteroatoms. The molecule has 21 heavy (non-hydrogen) atoms. The van der Waals surface area contributed by atoms with E-state index >= 15 is 0 Å². The molecule has 2 atom stereocenters. The van der Waals surface area contributed by atoms with Crippen molar-refractivity contribution in [2.24, 2.45) is 5.73 Å². The van der Waals surface area contributed by atoms with Gasteiger partial charge in [0, 0.05) is 0 Å². The molecule has 0 bridgehead atoms. The second-order valence-electron chi connectivity index (χ2n) is 5.81. The molecule has 1 aliphatic heterocycles. The minimum absolute atomic E-state index is 0.000921. The maximum absolute atomic E-state index is 12.0. The van der Waals surface area contributed by atoms with E-state index in [1.54, 1.807) is 13.1 Å². The number of nitrogens with zero attached hydrogens (tertiary/aromatic N) is 3. The molecule has 0 radical (unpaired) electrons. The molecule has 2 rings (SSSR count). The second-order valence-corrected chi connectivity index (χ2v) is 7.99. The lowest BCUT2D eigenvalue weighted by Crippen LogP contribution is -2.48. The van der Waals surface area contributed by atoms with E-state index in [2.05, 4.69) is 15.6 Å². The third kappa shape index (κ3) is 4.01. The van der Waals surface area contributed by atoms with E-state index in [-0.39, 0.29) is 30.0 Å². The Labute approximate surface area is 124 Å². The lowest BCUT2D eigenvalue weighted by molar-refractivity contribution is -0.123. The van der Waals surface area contributed by atoms with Crippen LogP contribution in [0.5, 0.6) is 0 Å². The van der Waals surface area contributed by atoms with Crippen molar-refractivity contribution in [1.29, 1.82) is 0 Å². The highest BCUT2D eigenvalue weighted by atomic mass is 32.2. The molecule has 8 nitrogen and oxygen atoms in total. The van der Waals surface area contributed by atoms with Gasteiger partial charge in [-0.1, -0.05) is 12.1 Å². The lowest BCUT2D eigenvalue weighted by atomic mass is 10.0. The van der Waals surface area contributed by atoms with Crippen molar-refractivity contribution >= 4 is 15.7 Å². The number of aromatic nitrogens is 3. The maximum Gasteiger partial charge on any atom is 0.242 e. The smallest absolute Gasteiger partial charge is 0.242 e. The molecule has 1 saturated heterocycles. The molecule has 1 aliphatic rings. The Bertz CT molecular complexity index is 627. The summed E-state index contributed by atoms with van der Waals surface area (Å²) in [6.07, 6.45) is 2.81. The summed E-state index contributed by atoms with van der Waals surface area (Å²) in [6, 6.07) is -0.195. The van der Waals surface area contributed by atoms with Crippen LogP contribution >= 0.6 is 0 Å². The van der Waals surface area contributed by atoms with Gasteiger partial charge in [0.25, 0.3) is 0 Å². The van der Waals surface area contributed by atoms with E-state index in [9.17, 15) is 13.2 Å². The molecular weight excluding hydrogens is 294 g/mol. The largest absolute Gasteiger partial charge is 0.348 e. The van der Waals surface area contributed by atoms with Gasteiger partial charge in [0.15, 0.2) is 9.84 Å². The Balaban J connectivity index is 1.95. The number of nitrogens with two attached hydrogens (primary N) is 1. The van der Waals surface area contributed by atoms with Crippen LogP contribution in [0.3, 0.4) is 0 Å². The first-order valence-electron chi connectivity index (χ1n) is 6.90. The minimum Gasteiger partial charge on any atom is -0.348 e. The van der Waals surface area contributed by atoms with Crippen LogP contribution in [0.15, 0.2) is 6.20 Å². The Morgan fingerprint density at radius 1 is 1.62 bits per heavy atom. The molecule has 0 aliphatic carbocycles. The van der Waals surface area contributed by atoms with Crippen LogP contribution in [0.25, 0.3) is 0 Å². The molecule has 2 heterocycles. The topological polar surface area (TPSA) is 120 Å². The lowest BCUT2D eigenvalue weighted by Gasteiger charge is -2.23. The third-order valence-electron chi connectivity index (χ3n) is 3.63. The van der Waals surface area contributed by atoms with Gasteiger partial charge in [0.1, 0.15) is 6.54 Å². The van der Waals surface area contributed by atoms with Gasteiger partial charge in [-0.05, 0) is 19.8 Å². The molecular formula is C12H21N5O3S. The predicted molar refractivity (Wildman–Crippen MR) is 77.1 cm³/mol. The quantitative estimate of drug-likeness (QED) is 0.747. The van der Waals surface area contributed by atoms with Gasteiger partial charge in [0.2, 0.25) is 5.91 Å². The number of amides is 1. The summed E-state index contributed by atoms with van der Waals surface area (Å²) >= 11 is 0. The van der Waals surface area contributed by atoms with Crippen molar-refractivity contribution in [3.8, 4) is 0 Å². The molecule has 118 valence electrons. The fourth-order valence-electron chi connectivity index (χ4n) is 2.40. The SMILES string of the molecule is CCC(N)c1cn(CC(=O)NC2(C)CCS(=O)(=O)C2)nn1. The van der Waals surface area contributed by atoms with E-state index in [1.807, 2.05) is 6.92 Å². The maximum atomic E-state index is 12.0. The van der Waals surface area contributed by atoms with Crippen LogP contribution in [0.1, 0.15) is 38.4 Å². The zero-order valence-electron chi connectivity index (χ0n) is 12.2. The number of carbonyl (C=O) groups is 1. The molecule has 1 aromatic rings. The molecule has 1 fully saturated rings. The van der Waals surface area contributed by atoms with E-state index in [4.69, 9.17) is 5.73 Å². The van der Waals surface area contributed by atoms with Crippen molar-refractivity contribution in [3.05, 3.63) is 11.9 Å². The van der Waals surface area contributed by atoms with E-state index in [0.717, 1.165) is 6.42 Å². The second kappa shape index (κ2) is 5.72. The number of hydrogen-bond acceptors (Lipinski definition) is 6. The van der Waals surface area contributed by atoms with Crippen molar-refractivity contribution in [2.45, 2.75) is 44.8 Å². The summed E-state index contributed by atoms with van der Waals surface area (Å²) in [4.78, 5) is 12.0. The Hall–Kier alpha value is -1.48. The van der Waals surface area contributed by atoms with E-state index in [1.165, 1.54) is 4.68 Å². The van der Waals surface area contributed by atoms with E-state index < -0.39 is 15.4 Å². The Morgan fingerprint density at radius 2 is 2.33 bits per heavy atom. The molecule has 2 unspecified atom stereocenters. The fourth-order valence-corrected chi connectivity index (χ4v) is 4.50. The first-order chi connectivity index (χ1) is 9.73. The summed E-state index contributed by atoms with van der Waals surface area (Å²) in [5.74, 6) is -0.186. The summed E-state index contributed by atoms with van der Waals surface area (Å²) in [7, 11) is -3.05. The molecule has 0 saturated carbocycles. The molecule has 0 aromatic carbocycles. The van der Waals surface area contributed by atoms with Gasteiger partial charge < -0.3 is 11.1 Å². The number of sulfone groups is 1. The summed E-state index contributed by atoms with van der Waals surface area (Å²) in [5.41, 5.74) is 5.78. The van der Waals surface area contributed by atoms with Gasteiger partial charge in [-0.25, -0.2) is 13.1 Å². The summed E-state index contributed by atoms with van der Waals surface area (Å²) < 4.78 is 24.4. The van der Waals surface area contributed by atoms with E-state index in [0.29, 0.717) is 12.1 Å². The monoisotopic (exact) mass is 315 g/mol.